The number of benzene rings is 1. The van der Waals surface area contributed by atoms with Gasteiger partial charge in [0.25, 0.3) is 0 Å². The van der Waals surface area contributed by atoms with E-state index >= 15 is 0 Å². The van der Waals surface area contributed by atoms with Gasteiger partial charge in [0.15, 0.2) is 5.76 Å². The number of carbonyl (C=O) groups excluding carboxylic acids is 1. The first-order valence-electron chi connectivity index (χ1n) is 9.90. The molecule has 1 aliphatic rings. The van der Waals surface area contributed by atoms with Crippen LogP contribution in [0.2, 0.25) is 0 Å². The smallest absolute Gasteiger partial charge is 0.227 e. The summed E-state index contributed by atoms with van der Waals surface area (Å²) in [5, 5.41) is 10.6. The summed E-state index contributed by atoms with van der Waals surface area (Å²) in [6.45, 7) is 1.93. The van der Waals surface area contributed by atoms with Crippen LogP contribution in [0.3, 0.4) is 0 Å². The Morgan fingerprint density at radius 1 is 1.16 bits per heavy atom. The number of amides is 1. The second-order valence-corrected chi connectivity index (χ2v) is 7.08. The molecule has 1 saturated heterocycles. The molecule has 1 atom stereocenters. The average molecular weight is 433 g/mol. The maximum atomic E-state index is 13.1. The molecule has 168 valence electrons. The summed E-state index contributed by atoms with van der Waals surface area (Å²) in [5.41, 5.74) is -0.0254. The van der Waals surface area contributed by atoms with Crippen molar-refractivity contribution >= 4 is 5.91 Å². The van der Waals surface area contributed by atoms with E-state index in [0.29, 0.717) is 43.4 Å². The third kappa shape index (κ3) is 5.18. The van der Waals surface area contributed by atoms with Crippen LogP contribution in [-0.4, -0.2) is 63.5 Å². The number of carbonyl (C=O) groups is 1. The summed E-state index contributed by atoms with van der Waals surface area (Å²) in [5.74, 6) is -0.208. The molecule has 1 fully saturated rings. The third-order valence-corrected chi connectivity index (χ3v) is 5.16. The van der Waals surface area contributed by atoms with Crippen molar-refractivity contribution < 1.29 is 33.3 Å². The van der Waals surface area contributed by atoms with Crippen LogP contribution in [0, 0.1) is 0 Å². The van der Waals surface area contributed by atoms with Gasteiger partial charge in [0.2, 0.25) is 17.1 Å². The van der Waals surface area contributed by atoms with Gasteiger partial charge in [0, 0.05) is 44.3 Å². The summed E-state index contributed by atoms with van der Waals surface area (Å²) in [4.78, 5) is 27.1. The topological polar surface area (TPSA) is 108 Å². The minimum absolute atomic E-state index is 0.00961. The molecular formula is C22H27NO8. The summed E-state index contributed by atoms with van der Waals surface area (Å²) in [6.07, 6.45) is -0.0321. The van der Waals surface area contributed by atoms with Crippen LogP contribution in [0.15, 0.2) is 33.5 Å². The molecule has 0 bridgehead atoms. The first-order valence-corrected chi connectivity index (χ1v) is 9.90. The average Bonchev–Trinajstić information content (AvgIpc) is 2.80. The fourth-order valence-corrected chi connectivity index (χ4v) is 3.57. The van der Waals surface area contributed by atoms with E-state index in [1.165, 1.54) is 27.4 Å². The van der Waals surface area contributed by atoms with Gasteiger partial charge in [-0.25, -0.2) is 0 Å². The normalized spacial score (nSPS) is 14.9. The van der Waals surface area contributed by atoms with Crippen molar-refractivity contribution in [2.75, 3.05) is 47.6 Å². The summed E-state index contributed by atoms with van der Waals surface area (Å²) in [7, 11) is 4.50. The molecule has 1 N–H and O–H groups in total. The van der Waals surface area contributed by atoms with E-state index in [0.717, 1.165) is 0 Å². The highest BCUT2D eigenvalue weighted by Crippen LogP contribution is 2.39. The van der Waals surface area contributed by atoms with Crippen molar-refractivity contribution in [3.63, 3.8) is 0 Å². The SMILES string of the molecule is COCc1cc(=O)c(O)c([C@H](CC(=O)N2CCOCC2)c2ccc(OC)cc2OC)o1. The van der Waals surface area contributed by atoms with Crippen LogP contribution in [-0.2, 0) is 20.9 Å². The second-order valence-electron chi connectivity index (χ2n) is 7.08. The molecule has 3 rings (SSSR count). The van der Waals surface area contributed by atoms with E-state index < -0.39 is 17.1 Å². The van der Waals surface area contributed by atoms with Crippen LogP contribution in [0.5, 0.6) is 17.2 Å². The van der Waals surface area contributed by atoms with Gasteiger partial charge in [0.1, 0.15) is 23.9 Å². The summed E-state index contributed by atoms with van der Waals surface area (Å²) in [6, 6.07) is 6.31. The van der Waals surface area contributed by atoms with Crippen molar-refractivity contribution in [1.29, 1.82) is 0 Å². The van der Waals surface area contributed by atoms with Gasteiger partial charge >= 0.3 is 0 Å². The van der Waals surface area contributed by atoms with E-state index in [4.69, 9.17) is 23.4 Å². The molecule has 0 aliphatic carbocycles. The fraction of sp³-hybridized carbons (Fsp3) is 0.455. The zero-order valence-corrected chi connectivity index (χ0v) is 17.9. The van der Waals surface area contributed by atoms with Crippen LogP contribution in [0.25, 0.3) is 0 Å². The second kappa shape index (κ2) is 10.3. The Morgan fingerprint density at radius 3 is 2.55 bits per heavy atom. The lowest BCUT2D eigenvalue weighted by Crippen LogP contribution is -2.41. The number of hydrogen-bond donors (Lipinski definition) is 1. The minimum atomic E-state index is -0.763. The fourth-order valence-electron chi connectivity index (χ4n) is 3.57. The van der Waals surface area contributed by atoms with Crippen molar-refractivity contribution in [2.45, 2.75) is 18.9 Å². The number of methoxy groups -OCH3 is 3. The lowest BCUT2D eigenvalue weighted by molar-refractivity contribution is -0.135. The molecule has 1 aliphatic heterocycles. The molecule has 9 nitrogen and oxygen atoms in total. The van der Waals surface area contributed by atoms with Crippen LogP contribution < -0.4 is 14.9 Å². The maximum Gasteiger partial charge on any atom is 0.227 e. The summed E-state index contributed by atoms with van der Waals surface area (Å²) < 4.78 is 27.0. The monoisotopic (exact) mass is 433 g/mol. The van der Waals surface area contributed by atoms with E-state index in [1.807, 2.05) is 0 Å². The zero-order chi connectivity index (χ0) is 22.4. The third-order valence-electron chi connectivity index (χ3n) is 5.16. The zero-order valence-electron chi connectivity index (χ0n) is 17.9. The highest BCUT2D eigenvalue weighted by atomic mass is 16.5. The summed E-state index contributed by atoms with van der Waals surface area (Å²) >= 11 is 0. The lowest BCUT2D eigenvalue weighted by Gasteiger charge is -2.29. The van der Waals surface area contributed by atoms with Gasteiger partial charge in [-0.1, -0.05) is 6.07 Å². The van der Waals surface area contributed by atoms with Crippen LogP contribution >= 0.6 is 0 Å². The highest BCUT2D eigenvalue weighted by molar-refractivity contribution is 5.78. The van der Waals surface area contributed by atoms with E-state index in [2.05, 4.69) is 0 Å². The highest BCUT2D eigenvalue weighted by Gasteiger charge is 2.31. The lowest BCUT2D eigenvalue weighted by atomic mass is 9.90. The largest absolute Gasteiger partial charge is 0.502 e. The number of morpholine rings is 1. The maximum absolute atomic E-state index is 13.1. The number of nitrogens with zero attached hydrogens (tertiary/aromatic N) is 1. The van der Waals surface area contributed by atoms with Crippen molar-refractivity contribution in [2.24, 2.45) is 0 Å². The molecule has 31 heavy (non-hydrogen) atoms. The van der Waals surface area contributed by atoms with Crippen LogP contribution in [0.4, 0.5) is 0 Å². The molecule has 2 heterocycles. The van der Waals surface area contributed by atoms with E-state index in [-0.39, 0.29) is 30.5 Å². The van der Waals surface area contributed by atoms with Crippen LogP contribution in [0.1, 0.15) is 29.4 Å². The standard InChI is InChI=1S/C22H27NO8/c1-27-13-15-10-18(24)21(26)22(31-15)17(12-20(25)23-6-8-30-9-7-23)16-5-4-14(28-2)11-19(16)29-3/h4-5,10-11,17,26H,6-9,12-13H2,1-3H3/t17-/m1/s1. The Labute approximate surface area is 180 Å². The Bertz CT molecular complexity index is 964. The number of hydrogen-bond acceptors (Lipinski definition) is 8. The van der Waals surface area contributed by atoms with E-state index in [1.54, 1.807) is 23.1 Å². The number of ether oxygens (including phenoxy) is 4. The molecule has 0 spiro atoms. The molecule has 0 unspecified atom stereocenters. The van der Waals surface area contributed by atoms with Gasteiger partial charge in [-0.3, -0.25) is 9.59 Å². The molecular weight excluding hydrogens is 406 g/mol. The van der Waals surface area contributed by atoms with Gasteiger partial charge in [-0.2, -0.15) is 0 Å². The molecule has 1 aromatic heterocycles. The van der Waals surface area contributed by atoms with Gasteiger partial charge in [-0.05, 0) is 6.07 Å². The van der Waals surface area contributed by atoms with E-state index in [9.17, 15) is 14.7 Å². The predicted octanol–water partition coefficient (Wildman–Crippen LogP) is 1.89. The molecule has 9 heteroatoms. The van der Waals surface area contributed by atoms with Crippen molar-refractivity contribution in [3.8, 4) is 17.2 Å². The predicted molar refractivity (Wildman–Crippen MR) is 111 cm³/mol. The molecule has 0 saturated carbocycles. The molecule has 2 aromatic rings. The molecule has 1 amide bonds. The Morgan fingerprint density at radius 2 is 1.90 bits per heavy atom. The number of aromatic hydroxyl groups is 1. The van der Waals surface area contributed by atoms with Gasteiger partial charge in [-0.15, -0.1) is 0 Å². The Kier molecular flexibility index (Phi) is 7.54. The van der Waals surface area contributed by atoms with Gasteiger partial charge in [0.05, 0.1) is 33.4 Å². The van der Waals surface area contributed by atoms with Gasteiger partial charge < -0.3 is 33.4 Å². The van der Waals surface area contributed by atoms with Crippen molar-refractivity contribution in [3.05, 3.63) is 51.6 Å². The van der Waals surface area contributed by atoms with Crippen molar-refractivity contribution in [1.82, 2.24) is 4.90 Å². The first-order chi connectivity index (χ1) is 15.0. The Hall–Kier alpha value is -3.04. The minimum Gasteiger partial charge on any atom is -0.502 e. The Balaban J connectivity index is 2.09. The molecule has 0 radical (unpaired) electrons. The first kappa shape index (κ1) is 22.6. The number of rotatable bonds is 8. The molecule has 1 aromatic carbocycles. The quantitative estimate of drug-likeness (QED) is 0.673.